The first-order chi connectivity index (χ1) is 11.1. The Morgan fingerprint density at radius 1 is 0.609 bits per heavy atom. The van der Waals surface area contributed by atoms with Gasteiger partial charge in [0.2, 0.25) is 0 Å². The minimum atomic E-state index is -0.871. The number of carbonyl (C=O) groups is 2. The summed E-state index contributed by atoms with van der Waals surface area (Å²) >= 11 is 0. The minimum absolute atomic E-state index is 0.00611. The van der Waals surface area contributed by atoms with Crippen molar-refractivity contribution in [3.8, 4) is 0 Å². The molecule has 9 heteroatoms. The number of ether oxygens (including phenoxy) is 4. The summed E-state index contributed by atoms with van der Waals surface area (Å²) in [6.07, 6.45) is 0.0122. The van der Waals surface area contributed by atoms with Gasteiger partial charge in [-0.15, -0.1) is 0 Å². The lowest BCUT2D eigenvalue weighted by atomic mass is 10.5. The maximum Gasteiger partial charge on any atom is 0.305 e. The van der Waals surface area contributed by atoms with Crippen LogP contribution < -0.4 is 5.32 Å². The highest BCUT2D eigenvalue weighted by Crippen LogP contribution is 1.85. The second-order valence-corrected chi connectivity index (χ2v) is 4.49. The molecule has 0 aliphatic heterocycles. The van der Waals surface area contributed by atoms with Crippen LogP contribution in [-0.4, -0.2) is 88.1 Å². The number of carboxylic acid groups (broad SMARTS) is 2. The standard InChI is InChI=1S/C14H27NO8/c16-13(17)1-5-20-9-11-22-7-3-15-4-8-23-12-10-21-6-2-14(18)19/h15H,1-12H2,(H,16,17)(H,18,19). The normalized spacial score (nSPS) is 10.8. The summed E-state index contributed by atoms with van der Waals surface area (Å²) in [6.45, 7) is 4.51. The van der Waals surface area contributed by atoms with Crippen LogP contribution in [0, 0.1) is 0 Å². The molecule has 3 N–H and O–H groups in total. The van der Waals surface area contributed by atoms with E-state index in [0.717, 1.165) is 0 Å². The van der Waals surface area contributed by atoms with Crippen molar-refractivity contribution in [2.24, 2.45) is 0 Å². The van der Waals surface area contributed by atoms with E-state index in [1.54, 1.807) is 0 Å². The molecule has 0 bridgehead atoms. The molecule has 0 saturated carbocycles. The van der Waals surface area contributed by atoms with Crippen molar-refractivity contribution in [3.05, 3.63) is 0 Å². The molecule has 136 valence electrons. The SMILES string of the molecule is O=C(O)CCOCCOCCNCCOCCOCCC(=O)O. The quantitative estimate of drug-likeness (QED) is 0.286. The van der Waals surface area contributed by atoms with Gasteiger partial charge >= 0.3 is 11.9 Å². The number of hydrogen-bond donors (Lipinski definition) is 3. The Bertz CT molecular complexity index is 273. The van der Waals surface area contributed by atoms with E-state index in [1.807, 2.05) is 0 Å². The number of nitrogens with one attached hydrogen (secondary N) is 1. The number of aliphatic carboxylic acids is 2. The third-order valence-corrected chi connectivity index (χ3v) is 2.51. The van der Waals surface area contributed by atoms with Crippen molar-refractivity contribution in [3.63, 3.8) is 0 Å². The molecule has 0 fully saturated rings. The van der Waals surface area contributed by atoms with E-state index in [-0.39, 0.29) is 26.1 Å². The van der Waals surface area contributed by atoms with E-state index < -0.39 is 11.9 Å². The Morgan fingerprint density at radius 3 is 1.30 bits per heavy atom. The van der Waals surface area contributed by atoms with E-state index in [0.29, 0.717) is 52.7 Å². The summed E-state index contributed by atoms with van der Waals surface area (Å²) in [6, 6.07) is 0. The van der Waals surface area contributed by atoms with Crippen molar-refractivity contribution in [2.75, 3.05) is 65.9 Å². The molecule has 0 amide bonds. The summed E-state index contributed by atoms with van der Waals surface area (Å²) in [5.74, 6) is -1.74. The zero-order chi connectivity index (χ0) is 17.2. The fourth-order valence-corrected chi connectivity index (χ4v) is 1.38. The fraction of sp³-hybridized carbons (Fsp3) is 0.857. The first-order valence-corrected chi connectivity index (χ1v) is 7.58. The molecule has 0 aromatic rings. The van der Waals surface area contributed by atoms with Crippen molar-refractivity contribution in [1.29, 1.82) is 0 Å². The van der Waals surface area contributed by atoms with Gasteiger partial charge < -0.3 is 34.5 Å². The second-order valence-electron chi connectivity index (χ2n) is 4.49. The topological polar surface area (TPSA) is 124 Å². The van der Waals surface area contributed by atoms with Crippen molar-refractivity contribution in [2.45, 2.75) is 12.8 Å². The first-order valence-electron chi connectivity index (χ1n) is 7.58. The van der Waals surface area contributed by atoms with Crippen LogP contribution in [0.1, 0.15) is 12.8 Å². The van der Waals surface area contributed by atoms with Crippen molar-refractivity contribution in [1.82, 2.24) is 5.32 Å². The zero-order valence-corrected chi connectivity index (χ0v) is 13.3. The van der Waals surface area contributed by atoms with Gasteiger partial charge in [-0.2, -0.15) is 0 Å². The highest BCUT2D eigenvalue weighted by Gasteiger charge is 1.97. The molecule has 23 heavy (non-hydrogen) atoms. The molecule has 0 saturated heterocycles. The van der Waals surface area contributed by atoms with E-state index in [2.05, 4.69) is 5.32 Å². The van der Waals surface area contributed by atoms with Crippen LogP contribution >= 0.6 is 0 Å². The Hall–Kier alpha value is -1.26. The molecule has 0 atom stereocenters. The lowest BCUT2D eigenvalue weighted by molar-refractivity contribution is -0.139. The first kappa shape index (κ1) is 21.7. The number of rotatable bonds is 18. The van der Waals surface area contributed by atoms with Crippen LogP contribution in [0.25, 0.3) is 0 Å². The highest BCUT2D eigenvalue weighted by molar-refractivity contribution is 5.66. The maximum absolute atomic E-state index is 10.2. The van der Waals surface area contributed by atoms with Gasteiger partial charge in [0, 0.05) is 13.1 Å². The molecular formula is C14H27NO8. The molecule has 9 nitrogen and oxygen atoms in total. The second kappa shape index (κ2) is 17.1. The highest BCUT2D eigenvalue weighted by atomic mass is 16.5. The molecule has 0 rings (SSSR count). The van der Waals surface area contributed by atoms with Gasteiger partial charge in [0.05, 0.1) is 65.7 Å². The van der Waals surface area contributed by atoms with E-state index >= 15 is 0 Å². The molecule has 0 aliphatic rings. The summed E-state index contributed by atoms with van der Waals surface area (Å²) in [5, 5.41) is 19.9. The van der Waals surface area contributed by atoms with Crippen molar-refractivity contribution >= 4 is 11.9 Å². The Labute approximate surface area is 135 Å². The van der Waals surface area contributed by atoms with Crippen LogP contribution in [0.2, 0.25) is 0 Å². The smallest absolute Gasteiger partial charge is 0.305 e. The Balaban J connectivity index is 3.00. The predicted octanol–water partition coefficient (Wildman–Crippen LogP) is -0.408. The summed E-state index contributed by atoms with van der Waals surface area (Å²) in [5.41, 5.74) is 0. The molecule has 0 radical (unpaired) electrons. The minimum Gasteiger partial charge on any atom is -0.481 e. The van der Waals surface area contributed by atoms with Crippen molar-refractivity contribution < 1.29 is 38.7 Å². The maximum atomic E-state index is 10.2. The third-order valence-electron chi connectivity index (χ3n) is 2.51. The molecule has 0 aliphatic carbocycles. The lowest BCUT2D eigenvalue weighted by Crippen LogP contribution is -2.25. The van der Waals surface area contributed by atoms with Crippen LogP contribution in [0.4, 0.5) is 0 Å². The Morgan fingerprint density at radius 2 is 0.957 bits per heavy atom. The molecule has 0 aromatic heterocycles. The number of hydrogen-bond acceptors (Lipinski definition) is 7. The molecule has 0 aromatic carbocycles. The summed E-state index contributed by atoms with van der Waals surface area (Å²) in [7, 11) is 0. The predicted molar refractivity (Wildman–Crippen MR) is 80.7 cm³/mol. The van der Waals surface area contributed by atoms with Gasteiger partial charge in [-0.25, -0.2) is 0 Å². The lowest BCUT2D eigenvalue weighted by Gasteiger charge is -2.07. The van der Waals surface area contributed by atoms with Gasteiger partial charge in [-0.3, -0.25) is 9.59 Å². The van der Waals surface area contributed by atoms with Gasteiger partial charge in [0.15, 0.2) is 0 Å². The van der Waals surface area contributed by atoms with Crippen LogP contribution in [0.3, 0.4) is 0 Å². The van der Waals surface area contributed by atoms with Crippen LogP contribution in [0.15, 0.2) is 0 Å². The van der Waals surface area contributed by atoms with Gasteiger partial charge in [-0.05, 0) is 0 Å². The summed E-state index contributed by atoms with van der Waals surface area (Å²) in [4.78, 5) is 20.4. The van der Waals surface area contributed by atoms with Crippen LogP contribution in [0.5, 0.6) is 0 Å². The fourth-order valence-electron chi connectivity index (χ4n) is 1.38. The van der Waals surface area contributed by atoms with Gasteiger partial charge in [0.1, 0.15) is 0 Å². The number of carboxylic acids is 2. The molecular weight excluding hydrogens is 310 g/mol. The average molecular weight is 337 g/mol. The molecule has 0 unspecified atom stereocenters. The van der Waals surface area contributed by atoms with E-state index in [9.17, 15) is 9.59 Å². The van der Waals surface area contributed by atoms with E-state index in [4.69, 9.17) is 29.2 Å². The largest absolute Gasteiger partial charge is 0.481 e. The summed E-state index contributed by atoms with van der Waals surface area (Å²) < 4.78 is 20.7. The average Bonchev–Trinajstić information content (AvgIpc) is 2.49. The monoisotopic (exact) mass is 337 g/mol. The van der Waals surface area contributed by atoms with E-state index in [1.165, 1.54) is 0 Å². The molecule has 0 spiro atoms. The van der Waals surface area contributed by atoms with Gasteiger partial charge in [-0.1, -0.05) is 0 Å². The molecule has 0 heterocycles. The Kier molecular flexibility index (Phi) is 16.2. The zero-order valence-electron chi connectivity index (χ0n) is 13.3. The van der Waals surface area contributed by atoms with Crippen LogP contribution in [-0.2, 0) is 28.5 Å². The van der Waals surface area contributed by atoms with Gasteiger partial charge in [0.25, 0.3) is 0 Å². The third kappa shape index (κ3) is 20.7.